The lowest BCUT2D eigenvalue weighted by atomic mass is 10.0. The van der Waals surface area contributed by atoms with Crippen molar-refractivity contribution >= 4 is 11.3 Å². The van der Waals surface area contributed by atoms with Gasteiger partial charge in [-0.2, -0.15) is 5.10 Å². The van der Waals surface area contributed by atoms with E-state index < -0.39 is 0 Å². The maximum atomic E-state index is 5.65. The zero-order valence-corrected chi connectivity index (χ0v) is 13.8. The number of hydrogen-bond donors (Lipinski definition) is 0. The Balaban J connectivity index is 1.45. The summed E-state index contributed by atoms with van der Waals surface area (Å²) in [6.07, 6.45) is 9.45. The van der Waals surface area contributed by atoms with Crippen LogP contribution < -0.4 is 0 Å². The van der Waals surface area contributed by atoms with Gasteiger partial charge in [-0.1, -0.05) is 12.5 Å². The molecule has 0 saturated carbocycles. The van der Waals surface area contributed by atoms with Crippen LogP contribution in [0, 0.1) is 0 Å². The van der Waals surface area contributed by atoms with Crippen molar-refractivity contribution in [3.63, 3.8) is 0 Å². The van der Waals surface area contributed by atoms with Crippen LogP contribution in [0.1, 0.15) is 25.0 Å². The molecule has 1 saturated heterocycles. The topological polar surface area (TPSA) is 47.1 Å². The predicted octanol–water partition coefficient (Wildman–Crippen LogP) is 3.65. The second-order valence-corrected chi connectivity index (χ2v) is 6.92. The first kappa shape index (κ1) is 14.7. The first-order valence-electron chi connectivity index (χ1n) is 8.08. The summed E-state index contributed by atoms with van der Waals surface area (Å²) in [6.45, 7) is 2.91. The molecule has 23 heavy (non-hydrogen) atoms. The third-order valence-corrected chi connectivity index (χ3v) is 5.21. The highest BCUT2D eigenvalue weighted by atomic mass is 32.1. The van der Waals surface area contributed by atoms with Crippen molar-refractivity contribution in [3.05, 3.63) is 47.9 Å². The fraction of sp³-hybridized carbons (Fsp3) is 0.412. The van der Waals surface area contributed by atoms with Crippen LogP contribution in [0.3, 0.4) is 0 Å². The van der Waals surface area contributed by atoms with Crippen LogP contribution in [0.15, 0.2) is 46.7 Å². The lowest BCUT2D eigenvalue weighted by molar-refractivity contribution is 0.120. The average molecular weight is 328 g/mol. The lowest BCUT2D eigenvalue weighted by Gasteiger charge is -2.35. The summed E-state index contributed by atoms with van der Waals surface area (Å²) in [6, 6.07) is 6.57. The number of nitrogens with zero attached hydrogens (tertiary/aromatic N) is 4. The minimum atomic E-state index is 0.519. The lowest BCUT2D eigenvalue weighted by Crippen LogP contribution is -2.41. The maximum Gasteiger partial charge on any atom is 0.236 e. The summed E-state index contributed by atoms with van der Waals surface area (Å²) in [5.74, 6) is 0.732. The molecule has 0 spiro atoms. The van der Waals surface area contributed by atoms with E-state index in [1.54, 1.807) is 17.6 Å². The van der Waals surface area contributed by atoms with E-state index >= 15 is 0 Å². The van der Waals surface area contributed by atoms with Crippen LogP contribution in [0.5, 0.6) is 0 Å². The van der Waals surface area contributed by atoms with Gasteiger partial charge in [-0.3, -0.25) is 9.58 Å². The monoisotopic (exact) mass is 328 g/mol. The minimum absolute atomic E-state index is 0.519. The van der Waals surface area contributed by atoms with Gasteiger partial charge in [-0.25, -0.2) is 4.98 Å². The number of likely N-dealkylation sites (tertiary alicyclic amines) is 1. The van der Waals surface area contributed by atoms with E-state index in [1.807, 2.05) is 40.7 Å². The summed E-state index contributed by atoms with van der Waals surface area (Å²) in [7, 11) is 0. The maximum absolute atomic E-state index is 5.65. The van der Waals surface area contributed by atoms with Gasteiger partial charge in [0.05, 0.1) is 17.1 Å². The van der Waals surface area contributed by atoms with Crippen molar-refractivity contribution in [1.82, 2.24) is 19.7 Å². The molecular formula is C17H20N4OS. The van der Waals surface area contributed by atoms with Crippen molar-refractivity contribution in [2.45, 2.75) is 38.4 Å². The first-order valence-corrected chi connectivity index (χ1v) is 8.96. The zero-order valence-electron chi connectivity index (χ0n) is 13.0. The summed E-state index contributed by atoms with van der Waals surface area (Å²) in [5.41, 5.74) is 1.01. The molecule has 6 heteroatoms. The van der Waals surface area contributed by atoms with Crippen molar-refractivity contribution in [2.24, 2.45) is 0 Å². The van der Waals surface area contributed by atoms with Crippen LogP contribution in [0.4, 0.5) is 0 Å². The predicted molar refractivity (Wildman–Crippen MR) is 90.1 cm³/mol. The second kappa shape index (κ2) is 6.68. The van der Waals surface area contributed by atoms with Crippen molar-refractivity contribution in [1.29, 1.82) is 0 Å². The highest BCUT2D eigenvalue weighted by Gasteiger charge is 2.24. The quantitative estimate of drug-likeness (QED) is 0.717. The summed E-state index contributed by atoms with van der Waals surface area (Å²) in [4.78, 5) is 8.26. The van der Waals surface area contributed by atoms with Gasteiger partial charge in [0.1, 0.15) is 6.26 Å². The van der Waals surface area contributed by atoms with E-state index in [4.69, 9.17) is 4.42 Å². The Kier molecular flexibility index (Phi) is 4.26. The van der Waals surface area contributed by atoms with Crippen molar-refractivity contribution < 1.29 is 4.42 Å². The molecule has 5 nitrogen and oxygen atoms in total. The largest absolute Gasteiger partial charge is 0.444 e. The molecule has 120 valence electrons. The van der Waals surface area contributed by atoms with E-state index in [1.165, 1.54) is 19.3 Å². The number of aromatic nitrogens is 3. The van der Waals surface area contributed by atoms with Crippen LogP contribution in [0.25, 0.3) is 10.8 Å². The summed E-state index contributed by atoms with van der Waals surface area (Å²) in [5, 5.41) is 6.39. The molecule has 0 aliphatic carbocycles. The molecule has 1 aliphatic rings. The Bertz CT molecular complexity index is 720. The minimum Gasteiger partial charge on any atom is -0.444 e. The number of rotatable bonds is 5. The Morgan fingerprint density at radius 1 is 1.30 bits per heavy atom. The molecule has 1 atom stereocenters. The summed E-state index contributed by atoms with van der Waals surface area (Å²) >= 11 is 1.66. The fourth-order valence-corrected chi connectivity index (χ4v) is 3.86. The van der Waals surface area contributed by atoms with Gasteiger partial charge < -0.3 is 4.42 Å². The standard InChI is InChI=1S/C17H20N4OS/c1-2-8-20(15(5-1)12-21-9-4-7-18-21)11-14-13-22-17(19-14)16-6-3-10-23-16/h3-4,6-7,9-10,13,15H,1-2,5,8,11-12H2/t15-/m1/s1. The van der Waals surface area contributed by atoms with Crippen molar-refractivity contribution in [2.75, 3.05) is 6.54 Å². The zero-order chi connectivity index (χ0) is 15.5. The molecule has 3 aromatic heterocycles. The highest BCUT2D eigenvalue weighted by Crippen LogP contribution is 2.25. The Hall–Kier alpha value is -1.92. The fourth-order valence-electron chi connectivity index (χ4n) is 3.20. The number of oxazole rings is 1. The molecule has 0 amide bonds. The van der Waals surface area contributed by atoms with Crippen molar-refractivity contribution in [3.8, 4) is 10.8 Å². The molecule has 4 heterocycles. The number of piperidine rings is 1. The molecule has 0 bridgehead atoms. The van der Waals surface area contributed by atoms with E-state index in [2.05, 4.69) is 15.0 Å². The summed E-state index contributed by atoms with van der Waals surface area (Å²) < 4.78 is 7.68. The van der Waals surface area contributed by atoms with Gasteiger partial charge in [0, 0.05) is 25.0 Å². The molecule has 4 rings (SSSR count). The van der Waals surface area contributed by atoms with Crippen LogP contribution in [-0.2, 0) is 13.1 Å². The normalized spacial score (nSPS) is 19.2. The Morgan fingerprint density at radius 3 is 3.13 bits per heavy atom. The average Bonchev–Trinajstić information content (AvgIpc) is 3.31. The molecule has 0 unspecified atom stereocenters. The Morgan fingerprint density at radius 2 is 2.30 bits per heavy atom. The smallest absolute Gasteiger partial charge is 0.236 e. The molecule has 0 aromatic carbocycles. The van der Waals surface area contributed by atoms with Crippen LogP contribution in [-0.4, -0.2) is 32.3 Å². The Labute approximate surface area is 139 Å². The van der Waals surface area contributed by atoms with E-state index in [9.17, 15) is 0 Å². The van der Waals surface area contributed by atoms with E-state index in [-0.39, 0.29) is 0 Å². The van der Waals surface area contributed by atoms with Gasteiger partial charge in [0.2, 0.25) is 5.89 Å². The van der Waals surface area contributed by atoms with Gasteiger partial charge in [0.25, 0.3) is 0 Å². The van der Waals surface area contributed by atoms with Gasteiger partial charge in [0.15, 0.2) is 0 Å². The van der Waals surface area contributed by atoms with Crippen LogP contribution >= 0.6 is 11.3 Å². The highest BCUT2D eigenvalue weighted by molar-refractivity contribution is 7.13. The number of thiophene rings is 1. The number of hydrogen-bond acceptors (Lipinski definition) is 5. The SMILES string of the molecule is c1csc(-c2nc(CN3CCCC[C@@H]3Cn3cccn3)co2)c1. The molecule has 3 aromatic rings. The van der Waals surface area contributed by atoms with Crippen LogP contribution in [0.2, 0.25) is 0 Å². The van der Waals surface area contributed by atoms with E-state index in [0.29, 0.717) is 6.04 Å². The van der Waals surface area contributed by atoms with Gasteiger partial charge in [-0.15, -0.1) is 11.3 Å². The van der Waals surface area contributed by atoms with E-state index in [0.717, 1.165) is 36.1 Å². The van der Waals surface area contributed by atoms with Gasteiger partial charge >= 0.3 is 0 Å². The molecular weight excluding hydrogens is 308 g/mol. The third kappa shape index (κ3) is 3.38. The first-order chi connectivity index (χ1) is 11.4. The second-order valence-electron chi connectivity index (χ2n) is 5.97. The molecule has 0 radical (unpaired) electrons. The molecule has 1 aliphatic heterocycles. The molecule has 0 N–H and O–H groups in total. The third-order valence-electron chi connectivity index (χ3n) is 4.35. The van der Waals surface area contributed by atoms with Gasteiger partial charge in [-0.05, 0) is 36.9 Å². The molecule has 1 fully saturated rings.